The predicted molar refractivity (Wildman–Crippen MR) is 161 cm³/mol. The van der Waals surface area contributed by atoms with E-state index in [1.165, 1.54) is 12.7 Å². The minimum Gasteiger partial charge on any atom is -0.493 e. The first kappa shape index (κ1) is 27.6. The fourth-order valence-electron chi connectivity index (χ4n) is 5.28. The van der Waals surface area contributed by atoms with E-state index in [0.717, 1.165) is 47.5 Å². The number of pyridine rings is 1. The van der Waals surface area contributed by atoms with Gasteiger partial charge in [0.15, 0.2) is 5.69 Å². The quantitative estimate of drug-likeness (QED) is 0.257. The first-order valence-electron chi connectivity index (χ1n) is 13.9. The van der Waals surface area contributed by atoms with Crippen LogP contribution in [-0.4, -0.2) is 43.0 Å². The Labute approximate surface area is 247 Å². The molecule has 6 rings (SSSR count). The molecule has 9 nitrogen and oxygen atoms in total. The number of fused-ring (bicyclic) bond motifs is 4. The van der Waals surface area contributed by atoms with Crippen LogP contribution in [0.3, 0.4) is 0 Å². The summed E-state index contributed by atoms with van der Waals surface area (Å²) in [4.78, 5) is 45.1. The molecule has 0 radical (unpaired) electrons. The summed E-state index contributed by atoms with van der Waals surface area (Å²) in [7, 11) is 1.26. The summed E-state index contributed by atoms with van der Waals surface area (Å²) in [5.74, 6) is -0.856. The zero-order chi connectivity index (χ0) is 29.2. The lowest BCUT2D eigenvalue weighted by Gasteiger charge is -2.17. The van der Waals surface area contributed by atoms with Crippen molar-refractivity contribution >= 4 is 34.8 Å². The minimum absolute atomic E-state index is 0.0651. The number of carbonyl (C=O) groups is 3. The molecule has 0 bridgehead atoms. The van der Waals surface area contributed by atoms with Gasteiger partial charge in [-0.2, -0.15) is 0 Å². The number of carbonyl (C=O) groups excluding carboxylic acids is 3. The molecule has 0 fully saturated rings. The molecule has 4 heterocycles. The number of amides is 2. The third kappa shape index (κ3) is 5.26. The lowest BCUT2D eigenvalue weighted by Crippen LogP contribution is -2.26. The Morgan fingerprint density at radius 2 is 1.83 bits per heavy atom. The van der Waals surface area contributed by atoms with E-state index in [1.54, 1.807) is 29.5 Å². The van der Waals surface area contributed by atoms with Gasteiger partial charge in [0, 0.05) is 58.9 Å². The molecule has 0 spiro atoms. The Hall–Kier alpha value is -4.54. The lowest BCUT2D eigenvalue weighted by atomic mass is 9.93. The van der Waals surface area contributed by atoms with Crippen LogP contribution >= 0.6 is 11.3 Å². The number of hydrogen-bond donors (Lipinski definition) is 3. The number of thiophene rings is 1. The lowest BCUT2D eigenvalue weighted by molar-refractivity contribution is 0.0594. The number of aromatic nitrogens is 1. The van der Waals surface area contributed by atoms with Crippen LogP contribution in [-0.2, 0) is 24.2 Å². The Kier molecular flexibility index (Phi) is 7.73. The van der Waals surface area contributed by atoms with Gasteiger partial charge in [0.2, 0.25) is 0 Å². The molecule has 0 aliphatic carbocycles. The maximum Gasteiger partial charge on any atom is 0.357 e. The second-order valence-corrected chi connectivity index (χ2v) is 11.1. The van der Waals surface area contributed by atoms with Crippen molar-refractivity contribution in [1.82, 2.24) is 15.6 Å². The highest BCUT2D eigenvalue weighted by Crippen LogP contribution is 2.43. The van der Waals surface area contributed by atoms with Crippen molar-refractivity contribution in [3.8, 4) is 27.3 Å². The van der Waals surface area contributed by atoms with E-state index in [4.69, 9.17) is 9.47 Å². The summed E-state index contributed by atoms with van der Waals surface area (Å²) in [6.07, 6.45) is 1.50. The molecular formula is C32H30N4O5S. The van der Waals surface area contributed by atoms with E-state index >= 15 is 0 Å². The number of ether oxygens (including phenoxy) is 2. The van der Waals surface area contributed by atoms with Gasteiger partial charge >= 0.3 is 5.97 Å². The fourth-order valence-corrected chi connectivity index (χ4v) is 6.26. The molecule has 2 aliphatic rings. The molecule has 0 saturated heterocycles. The van der Waals surface area contributed by atoms with Crippen LogP contribution in [0.25, 0.3) is 21.6 Å². The Balaban J connectivity index is 1.49. The molecule has 2 aromatic heterocycles. The van der Waals surface area contributed by atoms with Crippen LogP contribution in [0.15, 0.2) is 53.9 Å². The van der Waals surface area contributed by atoms with Crippen molar-refractivity contribution in [1.29, 1.82) is 0 Å². The molecule has 10 heteroatoms. The van der Waals surface area contributed by atoms with Crippen LogP contribution in [0.4, 0.5) is 5.69 Å². The van der Waals surface area contributed by atoms with Gasteiger partial charge in [-0.3, -0.25) is 9.59 Å². The number of methoxy groups -OCH3 is 1. The SMILES string of the molecule is CCCNC(=O)c1ccc(-c2cc3c(cc2C(=O)Nc2ccc4c(c2)CNC4)-c2sccc2CCO3)c(C(=O)OC)n1. The minimum atomic E-state index is -0.718. The molecule has 42 heavy (non-hydrogen) atoms. The van der Waals surface area contributed by atoms with Gasteiger partial charge < -0.3 is 25.4 Å². The summed E-state index contributed by atoms with van der Waals surface area (Å²) in [5.41, 5.74) is 6.15. The van der Waals surface area contributed by atoms with Gasteiger partial charge in [0.25, 0.3) is 11.8 Å². The van der Waals surface area contributed by atoms with E-state index in [9.17, 15) is 14.4 Å². The van der Waals surface area contributed by atoms with Crippen molar-refractivity contribution in [2.45, 2.75) is 32.9 Å². The Bertz CT molecular complexity index is 1710. The molecule has 0 saturated carbocycles. The average Bonchev–Trinajstić information content (AvgIpc) is 3.65. The largest absolute Gasteiger partial charge is 0.493 e. The first-order chi connectivity index (χ1) is 20.5. The molecule has 3 N–H and O–H groups in total. The van der Waals surface area contributed by atoms with E-state index in [2.05, 4.69) is 27.0 Å². The summed E-state index contributed by atoms with van der Waals surface area (Å²) >= 11 is 1.59. The number of nitrogens with zero attached hydrogens (tertiary/aromatic N) is 1. The smallest absolute Gasteiger partial charge is 0.357 e. The van der Waals surface area contributed by atoms with Crippen LogP contribution in [0.1, 0.15) is 61.4 Å². The second kappa shape index (κ2) is 11.8. The molecule has 214 valence electrons. The molecule has 0 unspecified atom stereocenters. The topological polar surface area (TPSA) is 119 Å². The van der Waals surface area contributed by atoms with Gasteiger partial charge in [0.05, 0.1) is 13.7 Å². The van der Waals surface area contributed by atoms with Crippen molar-refractivity contribution in [2.75, 3.05) is 25.6 Å². The third-order valence-corrected chi connectivity index (χ3v) is 8.40. The summed E-state index contributed by atoms with van der Waals surface area (Å²) in [6, 6.07) is 14.7. The predicted octanol–water partition coefficient (Wildman–Crippen LogP) is 5.19. The number of nitrogens with one attached hydrogen (secondary N) is 3. The van der Waals surface area contributed by atoms with E-state index in [-0.39, 0.29) is 17.3 Å². The number of anilines is 1. The van der Waals surface area contributed by atoms with Gasteiger partial charge in [-0.15, -0.1) is 11.3 Å². The number of benzene rings is 2. The van der Waals surface area contributed by atoms with Crippen LogP contribution in [0.2, 0.25) is 0 Å². The highest BCUT2D eigenvalue weighted by molar-refractivity contribution is 7.13. The van der Waals surface area contributed by atoms with E-state index < -0.39 is 11.9 Å². The Morgan fingerprint density at radius 1 is 0.976 bits per heavy atom. The summed E-state index contributed by atoms with van der Waals surface area (Å²) < 4.78 is 11.2. The molecule has 2 aromatic carbocycles. The second-order valence-electron chi connectivity index (χ2n) is 10.1. The number of hydrogen-bond acceptors (Lipinski definition) is 8. The molecule has 2 aliphatic heterocycles. The standard InChI is InChI=1S/C32H30N4O5S/c1-3-10-34-31(38)26-7-6-22(28(36-26)32(39)40-2)23-15-27-25(29-18(8-11-41-27)9-12-42-29)14-24(23)30(37)35-21-5-4-19-16-33-17-20(19)13-21/h4-7,9,12-15,33H,3,8,10-11,16-17H2,1-2H3,(H,34,38)(H,35,37). The van der Waals surface area contributed by atoms with Crippen molar-refractivity contribution in [2.24, 2.45) is 0 Å². The van der Waals surface area contributed by atoms with Crippen molar-refractivity contribution in [3.05, 3.63) is 87.6 Å². The third-order valence-electron chi connectivity index (χ3n) is 7.41. The van der Waals surface area contributed by atoms with Crippen LogP contribution < -0.4 is 20.7 Å². The number of rotatable bonds is 7. The normalized spacial score (nSPS) is 13.2. The maximum atomic E-state index is 14.0. The molecule has 2 amide bonds. The fraction of sp³-hybridized carbons (Fsp3) is 0.250. The highest BCUT2D eigenvalue weighted by Gasteiger charge is 2.27. The molecule has 4 aromatic rings. The Morgan fingerprint density at radius 3 is 2.67 bits per heavy atom. The monoisotopic (exact) mass is 582 g/mol. The van der Waals surface area contributed by atoms with Crippen molar-refractivity contribution < 1.29 is 23.9 Å². The van der Waals surface area contributed by atoms with Gasteiger partial charge in [-0.25, -0.2) is 9.78 Å². The average molecular weight is 583 g/mol. The van der Waals surface area contributed by atoms with Crippen molar-refractivity contribution in [3.63, 3.8) is 0 Å². The highest BCUT2D eigenvalue weighted by atomic mass is 32.1. The van der Waals surface area contributed by atoms with Gasteiger partial charge in [-0.05, 0) is 71.0 Å². The first-order valence-corrected chi connectivity index (χ1v) is 14.7. The van der Waals surface area contributed by atoms with Gasteiger partial charge in [0.1, 0.15) is 11.4 Å². The van der Waals surface area contributed by atoms with E-state index in [1.807, 2.05) is 36.6 Å². The van der Waals surface area contributed by atoms with Crippen LogP contribution in [0.5, 0.6) is 5.75 Å². The summed E-state index contributed by atoms with van der Waals surface area (Å²) in [6.45, 7) is 4.45. The maximum absolute atomic E-state index is 14.0. The van der Waals surface area contributed by atoms with E-state index in [0.29, 0.717) is 41.3 Å². The number of esters is 1. The van der Waals surface area contributed by atoms with Gasteiger partial charge in [-0.1, -0.05) is 13.0 Å². The summed E-state index contributed by atoms with van der Waals surface area (Å²) in [5, 5.41) is 11.2. The van der Waals surface area contributed by atoms with Crippen LogP contribution in [0, 0.1) is 0 Å². The molecule has 0 atom stereocenters. The molecular weight excluding hydrogens is 552 g/mol. The zero-order valence-corrected chi connectivity index (χ0v) is 24.2. The zero-order valence-electron chi connectivity index (χ0n) is 23.3.